The molecule has 3 radical (unpaired) electrons. The lowest BCUT2D eigenvalue weighted by atomic mass is 9.78. The number of carbonyl (C=O) groups excluding carboxylic acids is 4. The largest absolute Gasteiger partial charge is 0.495 e. The summed E-state index contributed by atoms with van der Waals surface area (Å²) in [6.07, 6.45) is 5.67. The van der Waals surface area contributed by atoms with E-state index in [1.165, 1.54) is 38.8 Å². The van der Waals surface area contributed by atoms with Gasteiger partial charge in [0.15, 0.2) is 16.9 Å². The summed E-state index contributed by atoms with van der Waals surface area (Å²) >= 11 is 6.24. The van der Waals surface area contributed by atoms with E-state index in [4.69, 9.17) is 69.8 Å². The summed E-state index contributed by atoms with van der Waals surface area (Å²) in [4.78, 5) is 88.8. The van der Waals surface area contributed by atoms with Crippen LogP contribution < -0.4 is 35.7 Å². The van der Waals surface area contributed by atoms with E-state index in [0.717, 1.165) is 53.9 Å². The molecule has 0 spiro atoms. The quantitative estimate of drug-likeness (QED) is 0.0600. The molecule has 142 heavy (non-hydrogen) atoms. The first kappa shape index (κ1) is 114. The number of halogens is 1. The Kier molecular flexibility index (Phi) is 36.2. The number of hydrogen-bond acceptors (Lipinski definition) is 29. The van der Waals surface area contributed by atoms with Crippen molar-refractivity contribution in [2.45, 2.75) is 247 Å². The van der Waals surface area contributed by atoms with Gasteiger partial charge in [0.1, 0.15) is 45.0 Å². The molecular formula is C102H133B2ClN15O19S3. The van der Waals surface area contributed by atoms with E-state index >= 15 is 0 Å². The van der Waals surface area contributed by atoms with Gasteiger partial charge in [0.05, 0.1) is 106 Å². The average Bonchev–Trinajstić information content (AvgIpc) is 1.58. The third-order valence-electron chi connectivity index (χ3n) is 22.7. The molecule has 3 aromatic carbocycles. The third-order valence-corrected chi connectivity index (χ3v) is 27.9. The van der Waals surface area contributed by atoms with Gasteiger partial charge in [0, 0.05) is 122 Å². The van der Waals surface area contributed by atoms with Crippen LogP contribution in [0.4, 0.5) is 53.7 Å². The molecule has 4 fully saturated rings. The SMILES string of the molecule is C.C.CC.C[C@@H]1COCCN1c1cc(N(C(=O)OC(C)(C)C)C(=O)OC(C)(C)C)cc(Cl)n1.Cc1ccc(S(=O)(=O)n2ccc3c(-c4cc(N(C(=O)OC(C)(C)C)C(=O)OC(C)(C)C)cc(N5CCOC[C@H]5C)n4)ccnc32)cc1.Cc1ccc(S(=O)(=O)n2ccc3c(-c4cc(N)cc(N5CCOC[C@H]5C)n4)ccnc32)cc1.Cc1ccc(S(=O)(=O)n2ccc3c(B4OC(C)(C)C(C)(C)O4)ccnc32)cc1.[B]. The van der Waals surface area contributed by atoms with Crippen LogP contribution in [0.2, 0.25) is 5.15 Å². The van der Waals surface area contributed by atoms with Gasteiger partial charge in [-0.3, -0.25) is 0 Å². The molecule has 16 rings (SSSR count). The van der Waals surface area contributed by atoms with Crippen LogP contribution >= 0.6 is 11.6 Å². The number of amides is 4. The van der Waals surface area contributed by atoms with Crippen molar-refractivity contribution in [3.05, 3.63) is 205 Å². The van der Waals surface area contributed by atoms with Crippen LogP contribution in [-0.4, -0.2) is 218 Å². The molecule has 12 aromatic rings. The van der Waals surface area contributed by atoms with Crippen molar-refractivity contribution >= 4 is 155 Å². The van der Waals surface area contributed by atoms with E-state index in [9.17, 15) is 44.4 Å². The van der Waals surface area contributed by atoms with E-state index in [2.05, 4.69) is 31.8 Å². The van der Waals surface area contributed by atoms with Crippen LogP contribution in [0.25, 0.3) is 55.6 Å². The highest BCUT2D eigenvalue weighted by Crippen LogP contribution is 2.41. The molecule has 3 atom stereocenters. The number of carbonyl (C=O) groups is 4. The van der Waals surface area contributed by atoms with Gasteiger partial charge in [-0.05, 0) is 243 Å². The molecule has 0 unspecified atom stereocenters. The molecule has 0 saturated carbocycles. The Balaban J connectivity index is 0.000000213. The monoisotopic (exact) mass is 2020 g/mol. The maximum Gasteiger partial charge on any atom is 0.495 e. The minimum atomic E-state index is -3.97. The number of rotatable bonds is 14. The van der Waals surface area contributed by atoms with Gasteiger partial charge in [-0.15, -0.1) is 0 Å². The van der Waals surface area contributed by atoms with Crippen molar-refractivity contribution < 1.29 is 86.9 Å². The Labute approximate surface area is 842 Å². The zero-order chi connectivity index (χ0) is 102. The lowest BCUT2D eigenvalue weighted by Crippen LogP contribution is -2.45. The van der Waals surface area contributed by atoms with Crippen molar-refractivity contribution in [1.82, 2.24) is 41.8 Å². The fourth-order valence-electron chi connectivity index (χ4n) is 15.2. The maximum absolute atomic E-state index is 13.7. The molecule has 40 heteroatoms. The number of nitrogens with two attached hydrogens (primary N) is 1. The lowest BCUT2D eigenvalue weighted by molar-refractivity contribution is 0.00578. The van der Waals surface area contributed by atoms with Crippen molar-refractivity contribution in [1.29, 1.82) is 0 Å². The second-order valence-electron chi connectivity index (χ2n) is 38.9. The summed E-state index contributed by atoms with van der Waals surface area (Å²) in [6, 6.07) is 40.8. The topological polar surface area (TPSA) is 388 Å². The normalized spacial score (nSPS) is 16.5. The zero-order valence-corrected chi connectivity index (χ0v) is 87.0. The Hall–Kier alpha value is -12.1. The van der Waals surface area contributed by atoms with Crippen molar-refractivity contribution in [2.24, 2.45) is 0 Å². The molecule has 9 aromatic heterocycles. The van der Waals surface area contributed by atoms with Gasteiger partial charge in [-0.1, -0.05) is 93.4 Å². The van der Waals surface area contributed by atoms with Gasteiger partial charge in [0.2, 0.25) is 0 Å². The third kappa shape index (κ3) is 26.5. The highest BCUT2D eigenvalue weighted by atomic mass is 35.5. The number of hydrogen-bond donors (Lipinski definition) is 1. The first-order valence-electron chi connectivity index (χ1n) is 45.8. The van der Waals surface area contributed by atoms with Gasteiger partial charge in [-0.25, -0.2) is 86.3 Å². The van der Waals surface area contributed by atoms with Crippen LogP contribution in [0.1, 0.15) is 177 Å². The zero-order valence-electron chi connectivity index (χ0n) is 83.8. The summed E-state index contributed by atoms with van der Waals surface area (Å²) in [6.45, 7) is 49.5. The summed E-state index contributed by atoms with van der Waals surface area (Å²) in [7, 11) is -12.1. The van der Waals surface area contributed by atoms with Gasteiger partial charge in [-0.2, -0.15) is 9.80 Å². The average molecular weight is 2030 g/mol. The molecule has 0 bridgehead atoms. The summed E-state index contributed by atoms with van der Waals surface area (Å²) in [5.41, 5.74) is 9.81. The molecule has 4 saturated heterocycles. The van der Waals surface area contributed by atoms with Gasteiger partial charge < -0.3 is 62.9 Å². The predicted octanol–water partition coefficient (Wildman–Crippen LogP) is 19.4. The number of morpholine rings is 3. The van der Waals surface area contributed by atoms with Gasteiger partial charge >= 0.3 is 31.5 Å². The molecule has 761 valence electrons. The van der Waals surface area contributed by atoms with Gasteiger partial charge in [0.25, 0.3) is 30.1 Å². The first-order valence-corrected chi connectivity index (χ1v) is 50.5. The highest BCUT2D eigenvalue weighted by Gasteiger charge is 2.52. The summed E-state index contributed by atoms with van der Waals surface area (Å²) in [5, 5.41) is 2.03. The van der Waals surface area contributed by atoms with Crippen LogP contribution in [-0.2, 0) is 72.5 Å². The number of fused-ring (bicyclic) bond motifs is 3. The van der Waals surface area contributed by atoms with E-state index in [0.29, 0.717) is 114 Å². The Bertz CT molecular complexity index is 6770. The number of anilines is 6. The minimum Gasteiger partial charge on any atom is -0.443 e. The maximum atomic E-state index is 13.7. The molecule has 2 N–H and O–H groups in total. The Morgan fingerprint density at radius 2 is 0.725 bits per heavy atom. The fraction of sp³-hybridized carbons (Fsp3) is 0.431. The molecular weight excluding hydrogens is 1890 g/mol. The van der Waals surface area contributed by atoms with Crippen LogP contribution in [0.3, 0.4) is 0 Å². The van der Waals surface area contributed by atoms with Crippen molar-refractivity contribution in [2.75, 3.05) is 89.5 Å². The molecule has 4 amide bonds. The fourth-order valence-corrected chi connectivity index (χ4v) is 19.3. The molecule has 34 nitrogen and oxygen atoms in total. The number of nitrogens with zero attached hydrogens (tertiary/aromatic N) is 14. The number of aromatic nitrogens is 9. The lowest BCUT2D eigenvalue weighted by Gasteiger charge is -2.35. The number of benzene rings is 3. The summed E-state index contributed by atoms with van der Waals surface area (Å²) in [5.74, 6) is 1.81. The predicted molar refractivity (Wildman–Crippen MR) is 560 cm³/mol. The van der Waals surface area contributed by atoms with Crippen LogP contribution in [0.15, 0.2) is 197 Å². The second kappa shape index (κ2) is 45.3. The second-order valence-corrected chi connectivity index (χ2v) is 44.7. The number of imide groups is 2. The van der Waals surface area contributed by atoms with Crippen LogP contribution in [0.5, 0.6) is 0 Å². The minimum absolute atomic E-state index is 0. The van der Waals surface area contributed by atoms with E-state index in [1.807, 2.05) is 104 Å². The van der Waals surface area contributed by atoms with E-state index in [1.54, 1.807) is 217 Å². The van der Waals surface area contributed by atoms with Crippen molar-refractivity contribution in [3.63, 3.8) is 0 Å². The number of pyridine rings is 6. The highest BCUT2D eigenvalue weighted by molar-refractivity contribution is 7.90. The Morgan fingerprint density at radius 1 is 0.430 bits per heavy atom. The number of ether oxygens (including phenoxy) is 7. The van der Waals surface area contributed by atoms with Crippen LogP contribution in [0, 0.1) is 20.8 Å². The molecule has 4 aliphatic heterocycles. The molecule has 4 aliphatic rings. The smallest absolute Gasteiger partial charge is 0.443 e. The summed E-state index contributed by atoms with van der Waals surface area (Å²) < 4.78 is 135. The molecule has 0 aliphatic carbocycles. The van der Waals surface area contributed by atoms with E-state index < -0.39 is 95.2 Å². The number of aryl methyl sites for hydroxylation is 3. The molecule has 13 heterocycles. The first-order chi connectivity index (χ1) is 65.1. The Morgan fingerprint density at radius 3 is 1.06 bits per heavy atom. The van der Waals surface area contributed by atoms with Crippen molar-refractivity contribution in [3.8, 4) is 22.5 Å². The van der Waals surface area contributed by atoms with E-state index in [-0.39, 0.29) is 78.3 Å². The standard InChI is InChI=1S/C34H41N5O7S.C24H25N5O3S.C20H23BN2O4S.C20H30ClN3O5.C2H6.2CH4.B/c1-22-9-11-25(12-10-22)47(42,43)38-16-14-27-26(13-15-35-30(27)38)28-19-24(20-29(36-28)37-17-18-44-21-23(37)2)39(31(40)45-33(3,4)5)32(41)46-34(6,7)8;1-16-3-5-19(6-4-16)33(30,31)29-10-8-21-20(7-9-26-24(21)29)22-13-18(25)14-23(27-22)28-11-12-32-15-17(28)2;1-14-6-8-15(9-7-14)28(24,25)23-13-11-16-17(10-12-22-18(16)23)21-26-19(2,3)20(4,5)27-21;1-13-12-27-9-8-23(13)16-11-14(10-15(21)22-16)24(17(25)28-19(2,3)4)18(26)29-20(5,6)7;1-2;;;/h9-16,19-20,23H,17-18,21H2,1-8H3;3-10,13-14,17H,11-12,15H2,1-2H3,(H2,25,27);6-13H,1-5H3;10-11,13H,8-9,12H2,1-7H3;1-2H3;2*1H4;/t23-;17-;;13-;;;;/m11.1..../s1. The number of nitrogen functional groups attached to an aromatic ring is 1.